The third-order valence-corrected chi connectivity index (χ3v) is 4.32. The van der Waals surface area contributed by atoms with Gasteiger partial charge in [-0.3, -0.25) is 9.69 Å². The second-order valence-corrected chi connectivity index (χ2v) is 5.93. The van der Waals surface area contributed by atoms with Crippen LogP contribution in [0.15, 0.2) is 18.2 Å². The summed E-state index contributed by atoms with van der Waals surface area (Å²) in [6.07, 6.45) is 4.78. The number of aliphatic hydroxyl groups excluding tert-OH is 1. The van der Waals surface area contributed by atoms with E-state index in [-0.39, 0.29) is 24.1 Å². The van der Waals surface area contributed by atoms with Crippen molar-refractivity contribution in [3.8, 4) is 0 Å². The molecule has 0 spiro atoms. The van der Waals surface area contributed by atoms with Crippen LogP contribution in [0.2, 0.25) is 0 Å². The van der Waals surface area contributed by atoms with E-state index in [1.807, 2.05) is 6.92 Å². The van der Waals surface area contributed by atoms with Gasteiger partial charge in [0, 0.05) is 12.1 Å². The van der Waals surface area contributed by atoms with Crippen LogP contribution >= 0.6 is 0 Å². The van der Waals surface area contributed by atoms with Crippen LogP contribution in [0, 0.1) is 5.82 Å². The number of carbonyl (C=O) groups is 1. The highest BCUT2D eigenvalue weighted by atomic mass is 19.1. The van der Waals surface area contributed by atoms with E-state index in [1.165, 1.54) is 18.9 Å². The number of likely N-dealkylation sites (tertiary alicyclic amines) is 1. The van der Waals surface area contributed by atoms with Gasteiger partial charge in [0.2, 0.25) is 5.91 Å². The SMILES string of the molecule is CC(C(=O)NCc1ccc(F)c(CO)c1)N1CCCCCC1. The molecular weight excluding hydrogens is 283 g/mol. The number of benzene rings is 1. The van der Waals surface area contributed by atoms with Crippen LogP contribution < -0.4 is 5.32 Å². The van der Waals surface area contributed by atoms with E-state index in [1.54, 1.807) is 12.1 Å². The van der Waals surface area contributed by atoms with Crippen molar-refractivity contribution in [2.24, 2.45) is 0 Å². The minimum atomic E-state index is -0.421. The molecule has 4 nitrogen and oxygen atoms in total. The molecule has 1 atom stereocenters. The molecule has 22 heavy (non-hydrogen) atoms. The van der Waals surface area contributed by atoms with Crippen LogP contribution in [0.1, 0.15) is 43.7 Å². The van der Waals surface area contributed by atoms with Gasteiger partial charge >= 0.3 is 0 Å². The number of nitrogens with one attached hydrogen (secondary N) is 1. The molecule has 122 valence electrons. The molecule has 0 radical (unpaired) electrons. The molecule has 2 rings (SSSR count). The Balaban J connectivity index is 1.88. The van der Waals surface area contributed by atoms with Gasteiger partial charge in [-0.2, -0.15) is 0 Å². The highest BCUT2D eigenvalue weighted by molar-refractivity contribution is 5.81. The summed E-state index contributed by atoms with van der Waals surface area (Å²) in [5.41, 5.74) is 1.05. The first kappa shape index (κ1) is 16.9. The molecule has 1 fully saturated rings. The van der Waals surface area contributed by atoms with Crippen molar-refractivity contribution in [3.05, 3.63) is 35.1 Å². The zero-order valence-corrected chi connectivity index (χ0v) is 13.1. The Morgan fingerprint density at radius 2 is 2.00 bits per heavy atom. The van der Waals surface area contributed by atoms with Gasteiger partial charge in [0.15, 0.2) is 0 Å². The average molecular weight is 308 g/mol. The van der Waals surface area contributed by atoms with E-state index in [0.717, 1.165) is 31.5 Å². The zero-order chi connectivity index (χ0) is 15.9. The summed E-state index contributed by atoms with van der Waals surface area (Å²) in [5, 5.41) is 12.0. The first-order chi connectivity index (χ1) is 10.6. The van der Waals surface area contributed by atoms with Crippen molar-refractivity contribution in [2.45, 2.75) is 51.8 Å². The third-order valence-electron chi connectivity index (χ3n) is 4.32. The molecule has 0 aliphatic carbocycles. The van der Waals surface area contributed by atoms with E-state index in [9.17, 15) is 9.18 Å². The topological polar surface area (TPSA) is 52.6 Å². The highest BCUT2D eigenvalue weighted by Crippen LogP contribution is 2.13. The van der Waals surface area contributed by atoms with Gasteiger partial charge in [0.25, 0.3) is 0 Å². The van der Waals surface area contributed by atoms with E-state index in [2.05, 4.69) is 10.2 Å². The van der Waals surface area contributed by atoms with E-state index >= 15 is 0 Å². The molecule has 1 aromatic rings. The summed E-state index contributed by atoms with van der Waals surface area (Å²) in [5.74, 6) is -0.424. The first-order valence-corrected chi connectivity index (χ1v) is 8.01. The number of halogens is 1. The van der Waals surface area contributed by atoms with E-state index in [4.69, 9.17) is 5.11 Å². The largest absolute Gasteiger partial charge is 0.392 e. The lowest BCUT2D eigenvalue weighted by atomic mass is 10.1. The number of hydrogen-bond donors (Lipinski definition) is 2. The Morgan fingerprint density at radius 1 is 1.32 bits per heavy atom. The smallest absolute Gasteiger partial charge is 0.237 e. The number of rotatable bonds is 5. The fraction of sp³-hybridized carbons (Fsp3) is 0.588. The second-order valence-electron chi connectivity index (χ2n) is 5.93. The lowest BCUT2D eigenvalue weighted by Gasteiger charge is -2.26. The molecule has 0 bridgehead atoms. The summed E-state index contributed by atoms with van der Waals surface area (Å²) in [7, 11) is 0. The maximum absolute atomic E-state index is 13.3. The molecule has 2 N–H and O–H groups in total. The molecule has 1 saturated heterocycles. The standard InChI is InChI=1S/C17H25FN2O2/c1-13(20-8-4-2-3-5-9-20)17(22)19-11-14-6-7-16(18)15(10-14)12-21/h6-7,10,13,21H,2-5,8-9,11-12H2,1H3,(H,19,22). The Labute approximate surface area is 131 Å². The predicted octanol–water partition coefficient (Wildman–Crippen LogP) is 2.20. The van der Waals surface area contributed by atoms with Crippen LogP contribution in [0.4, 0.5) is 4.39 Å². The molecule has 1 aliphatic rings. The van der Waals surface area contributed by atoms with Gasteiger partial charge in [-0.1, -0.05) is 18.9 Å². The molecule has 0 aromatic heterocycles. The van der Waals surface area contributed by atoms with Gasteiger partial charge in [0.1, 0.15) is 5.82 Å². The Morgan fingerprint density at radius 3 is 2.64 bits per heavy atom. The molecular formula is C17H25FN2O2. The van der Waals surface area contributed by atoms with E-state index in [0.29, 0.717) is 6.54 Å². The van der Waals surface area contributed by atoms with Crippen LogP contribution in [-0.4, -0.2) is 35.0 Å². The number of nitrogens with zero attached hydrogens (tertiary/aromatic N) is 1. The van der Waals surface area contributed by atoms with Gasteiger partial charge in [-0.25, -0.2) is 4.39 Å². The monoisotopic (exact) mass is 308 g/mol. The van der Waals surface area contributed by atoms with Crippen molar-refractivity contribution in [2.75, 3.05) is 13.1 Å². The van der Waals surface area contributed by atoms with Crippen molar-refractivity contribution in [3.63, 3.8) is 0 Å². The van der Waals surface area contributed by atoms with Crippen LogP contribution in [0.5, 0.6) is 0 Å². The number of carbonyl (C=O) groups excluding carboxylic acids is 1. The Bertz CT molecular complexity index is 499. The predicted molar refractivity (Wildman–Crippen MR) is 83.7 cm³/mol. The Kier molecular flexibility index (Phi) is 6.34. The number of amides is 1. The zero-order valence-electron chi connectivity index (χ0n) is 13.1. The van der Waals surface area contributed by atoms with Gasteiger partial charge in [0.05, 0.1) is 12.6 Å². The van der Waals surface area contributed by atoms with Crippen molar-refractivity contribution in [1.29, 1.82) is 0 Å². The number of aliphatic hydroxyl groups is 1. The fourth-order valence-corrected chi connectivity index (χ4v) is 2.84. The quantitative estimate of drug-likeness (QED) is 0.877. The highest BCUT2D eigenvalue weighted by Gasteiger charge is 2.21. The molecule has 5 heteroatoms. The third kappa shape index (κ3) is 4.52. The summed E-state index contributed by atoms with van der Waals surface area (Å²) < 4.78 is 13.3. The number of hydrogen-bond acceptors (Lipinski definition) is 3. The minimum absolute atomic E-state index is 0.00299. The lowest BCUT2D eigenvalue weighted by Crippen LogP contribution is -2.45. The van der Waals surface area contributed by atoms with Crippen LogP contribution in [-0.2, 0) is 17.9 Å². The van der Waals surface area contributed by atoms with Gasteiger partial charge in [-0.05, 0) is 50.6 Å². The molecule has 1 heterocycles. The molecule has 0 saturated carbocycles. The van der Waals surface area contributed by atoms with Gasteiger partial charge in [-0.15, -0.1) is 0 Å². The van der Waals surface area contributed by atoms with Gasteiger partial charge < -0.3 is 10.4 Å². The van der Waals surface area contributed by atoms with Crippen molar-refractivity contribution < 1.29 is 14.3 Å². The summed E-state index contributed by atoms with van der Waals surface area (Å²) in [6, 6.07) is 4.40. The molecule has 1 aromatic carbocycles. The minimum Gasteiger partial charge on any atom is -0.392 e. The lowest BCUT2D eigenvalue weighted by molar-refractivity contribution is -0.126. The Hall–Kier alpha value is -1.46. The first-order valence-electron chi connectivity index (χ1n) is 8.01. The fourth-order valence-electron chi connectivity index (χ4n) is 2.84. The van der Waals surface area contributed by atoms with Crippen molar-refractivity contribution >= 4 is 5.91 Å². The molecule has 1 aliphatic heterocycles. The summed E-state index contributed by atoms with van der Waals surface area (Å²) in [6.45, 7) is 3.89. The van der Waals surface area contributed by atoms with Crippen molar-refractivity contribution in [1.82, 2.24) is 10.2 Å². The van der Waals surface area contributed by atoms with Crippen LogP contribution in [0.3, 0.4) is 0 Å². The van der Waals surface area contributed by atoms with Crippen LogP contribution in [0.25, 0.3) is 0 Å². The summed E-state index contributed by atoms with van der Waals surface area (Å²) >= 11 is 0. The second kappa shape index (κ2) is 8.25. The normalized spacial score (nSPS) is 17.8. The maximum Gasteiger partial charge on any atom is 0.237 e. The maximum atomic E-state index is 13.3. The van der Waals surface area contributed by atoms with E-state index < -0.39 is 5.82 Å². The molecule has 1 unspecified atom stereocenters. The summed E-state index contributed by atoms with van der Waals surface area (Å²) in [4.78, 5) is 14.5. The average Bonchev–Trinajstić information content (AvgIpc) is 2.82. The molecule has 1 amide bonds.